The Morgan fingerprint density at radius 1 is 1.60 bits per heavy atom. The maximum absolute atomic E-state index is 10.9. The number of aromatic hydroxyl groups is 1. The Kier molecular flexibility index (Phi) is 2.59. The summed E-state index contributed by atoms with van der Waals surface area (Å²) in [6.45, 7) is 0.852. The van der Waals surface area contributed by atoms with Gasteiger partial charge in [-0.3, -0.25) is 5.32 Å². The SMILES string of the molecule is O=C(O)c1c(O)cnn1C1CCCCN1. The summed E-state index contributed by atoms with van der Waals surface area (Å²) in [6.07, 6.45) is 4.01. The lowest BCUT2D eigenvalue weighted by Crippen LogP contribution is -2.33. The van der Waals surface area contributed by atoms with Crippen LogP contribution in [0.5, 0.6) is 5.75 Å². The zero-order valence-corrected chi connectivity index (χ0v) is 8.18. The molecule has 82 valence electrons. The van der Waals surface area contributed by atoms with E-state index in [0.717, 1.165) is 25.8 Å². The number of piperidine rings is 1. The highest BCUT2D eigenvalue weighted by atomic mass is 16.4. The molecule has 6 heteroatoms. The van der Waals surface area contributed by atoms with Crippen LogP contribution in [0.1, 0.15) is 35.9 Å². The molecule has 0 aliphatic carbocycles. The fraction of sp³-hybridized carbons (Fsp3) is 0.556. The van der Waals surface area contributed by atoms with Crippen molar-refractivity contribution in [2.75, 3.05) is 6.54 Å². The molecule has 1 aromatic heterocycles. The number of nitrogens with zero attached hydrogens (tertiary/aromatic N) is 2. The molecule has 1 atom stereocenters. The molecule has 2 heterocycles. The van der Waals surface area contributed by atoms with Gasteiger partial charge in [0.2, 0.25) is 0 Å². The molecule has 0 bridgehead atoms. The molecule has 3 N–H and O–H groups in total. The van der Waals surface area contributed by atoms with Crippen molar-refractivity contribution >= 4 is 5.97 Å². The van der Waals surface area contributed by atoms with E-state index in [-0.39, 0.29) is 17.6 Å². The summed E-state index contributed by atoms with van der Waals surface area (Å²) < 4.78 is 1.34. The molecule has 0 aromatic carbocycles. The van der Waals surface area contributed by atoms with Gasteiger partial charge in [-0.1, -0.05) is 0 Å². The van der Waals surface area contributed by atoms with Crippen LogP contribution in [0.3, 0.4) is 0 Å². The lowest BCUT2D eigenvalue weighted by atomic mass is 10.1. The second kappa shape index (κ2) is 3.90. The predicted octanol–water partition coefficient (Wildman–Crippen LogP) is 0.559. The highest BCUT2D eigenvalue weighted by Gasteiger charge is 2.24. The largest absolute Gasteiger partial charge is 0.504 e. The molecule has 2 rings (SSSR count). The first kappa shape index (κ1) is 9.97. The van der Waals surface area contributed by atoms with E-state index in [9.17, 15) is 9.90 Å². The van der Waals surface area contributed by atoms with Gasteiger partial charge in [-0.25, -0.2) is 9.48 Å². The molecule has 15 heavy (non-hydrogen) atoms. The Morgan fingerprint density at radius 3 is 3.00 bits per heavy atom. The molecular formula is C9H13N3O3. The number of carboxylic acids is 1. The summed E-state index contributed by atoms with van der Waals surface area (Å²) in [4.78, 5) is 10.9. The highest BCUT2D eigenvalue weighted by Crippen LogP contribution is 2.23. The number of nitrogens with one attached hydrogen (secondary N) is 1. The van der Waals surface area contributed by atoms with Crippen LogP contribution in [0.2, 0.25) is 0 Å². The molecule has 1 unspecified atom stereocenters. The van der Waals surface area contributed by atoms with Crippen molar-refractivity contribution in [3.05, 3.63) is 11.9 Å². The van der Waals surface area contributed by atoms with E-state index in [2.05, 4.69) is 10.4 Å². The molecule has 1 saturated heterocycles. The van der Waals surface area contributed by atoms with E-state index in [0.29, 0.717) is 0 Å². The van der Waals surface area contributed by atoms with Crippen molar-refractivity contribution in [3.63, 3.8) is 0 Å². The molecule has 1 aliphatic rings. The second-order valence-electron chi connectivity index (χ2n) is 3.59. The average molecular weight is 211 g/mol. The molecule has 1 aromatic rings. The maximum atomic E-state index is 10.9. The van der Waals surface area contributed by atoms with Gasteiger partial charge in [0.1, 0.15) is 6.17 Å². The van der Waals surface area contributed by atoms with Crippen molar-refractivity contribution in [2.24, 2.45) is 0 Å². The van der Waals surface area contributed by atoms with Gasteiger partial charge in [0, 0.05) is 0 Å². The van der Waals surface area contributed by atoms with E-state index in [1.807, 2.05) is 0 Å². The number of hydrogen-bond donors (Lipinski definition) is 3. The molecule has 0 spiro atoms. The van der Waals surface area contributed by atoms with Crippen LogP contribution in [-0.4, -0.2) is 32.5 Å². The van der Waals surface area contributed by atoms with Gasteiger partial charge in [-0.2, -0.15) is 5.10 Å². The van der Waals surface area contributed by atoms with Crippen LogP contribution in [-0.2, 0) is 0 Å². The number of carbonyl (C=O) groups is 1. The van der Waals surface area contributed by atoms with Gasteiger partial charge < -0.3 is 10.2 Å². The van der Waals surface area contributed by atoms with Crippen LogP contribution in [0.25, 0.3) is 0 Å². The van der Waals surface area contributed by atoms with Crippen molar-refractivity contribution in [1.29, 1.82) is 0 Å². The number of aromatic nitrogens is 2. The molecule has 1 aliphatic heterocycles. The summed E-state index contributed by atoms with van der Waals surface area (Å²) in [6, 6.07) is 0. The molecule has 6 nitrogen and oxygen atoms in total. The van der Waals surface area contributed by atoms with Gasteiger partial charge in [-0.15, -0.1) is 0 Å². The third-order valence-corrected chi connectivity index (χ3v) is 2.56. The van der Waals surface area contributed by atoms with Crippen LogP contribution in [0, 0.1) is 0 Å². The first-order valence-corrected chi connectivity index (χ1v) is 4.93. The minimum atomic E-state index is -1.16. The summed E-state index contributed by atoms with van der Waals surface area (Å²) in [5.74, 6) is -1.44. The summed E-state index contributed by atoms with van der Waals surface area (Å²) in [7, 11) is 0. The van der Waals surface area contributed by atoms with E-state index < -0.39 is 5.97 Å². The zero-order chi connectivity index (χ0) is 10.8. The second-order valence-corrected chi connectivity index (χ2v) is 3.59. The number of aromatic carboxylic acids is 1. The normalized spacial score (nSPS) is 21.5. The Balaban J connectivity index is 2.30. The van der Waals surface area contributed by atoms with Crippen molar-refractivity contribution in [2.45, 2.75) is 25.4 Å². The van der Waals surface area contributed by atoms with Gasteiger partial charge >= 0.3 is 5.97 Å². The van der Waals surface area contributed by atoms with Gasteiger partial charge in [0.25, 0.3) is 0 Å². The number of carboxylic acid groups (broad SMARTS) is 1. The van der Waals surface area contributed by atoms with E-state index >= 15 is 0 Å². The summed E-state index contributed by atoms with van der Waals surface area (Å²) in [5, 5.41) is 25.3. The van der Waals surface area contributed by atoms with Crippen molar-refractivity contribution < 1.29 is 15.0 Å². The Labute approximate surface area is 86.5 Å². The average Bonchev–Trinajstić information content (AvgIpc) is 2.61. The van der Waals surface area contributed by atoms with Crippen molar-refractivity contribution in [1.82, 2.24) is 15.1 Å². The molecular weight excluding hydrogens is 198 g/mol. The first-order valence-electron chi connectivity index (χ1n) is 4.93. The molecule has 0 radical (unpaired) electrons. The fourth-order valence-corrected chi connectivity index (χ4v) is 1.84. The zero-order valence-electron chi connectivity index (χ0n) is 8.18. The minimum absolute atomic E-state index is 0.120. The smallest absolute Gasteiger partial charge is 0.358 e. The minimum Gasteiger partial charge on any atom is -0.504 e. The highest BCUT2D eigenvalue weighted by molar-refractivity contribution is 5.88. The third-order valence-electron chi connectivity index (χ3n) is 2.56. The Morgan fingerprint density at radius 2 is 2.40 bits per heavy atom. The Bertz CT molecular complexity index is 369. The first-order chi connectivity index (χ1) is 7.20. The van der Waals surface area contributed by atoms with Crippen LogP contribution >= 0.6 is 0 Å². The topological polar surface area (TPSA) is 87.4 Å². The molecule has 1 fully saturated rings. The Hall–Kier alpha value is -1.56. The summed E-state index contributed by atoms with van der Waals surface area (Å²) >= 11 is 0. The number of rotatable bonds is 2. The van der Waals surface area contributed by atoms with E-state index in [4.69, 9.17) is 5.11 Å². The maximum Gasteiger partial charge on any atom is 0.358 e. The lowest BCUT2D eigenvalue weighted by Gasteiger charge is -2.24. The summed E-state index contributed by atoms with van der Waals surface area (Å²) in [5.41, 5.74) is -0.144. The fourth-order valence-electron chi connectivity index (χ4n) is 1.84. The van der Waals surface area contributed by atoms with Gasteiger partial charge in [0.15, 0.2) is 11.4 Å². The van der Waals surface area contributed by atoms with Crippen LogP contribution in [0.15, 0.2) is 6.20 Å². The standard InChI is InChI=1S/C9H13N3O3/c13-6-5-11-12(8(6)9(14)15)7-3-1-2-4-10-7/h5,7,10,13H,1-4H2,(H,14,15). The van der Waals surface area contributed by atoms with Crippen LogP contribution in [0.4, 0.5) is 0 Å². The lowest BCUT2D eigenvalue weighted by molar-refractivity contribution is 0.0673. The van der Waals surface area contributed by atoms with Gasteiger partial charge in [-0.05, 0) is 25.8 Å². The third kappa shape index (κ3) is 1.80. The van der Waals surface area contributed by atoms with Gasteiger partial charge in [0.05, 0.1) is 6.20 Å². The monoisotopic (exact) mass is 211 g/mol. The van der Waals surface area contributed by atoms with E-state index in [1.54, 1.807) is 0 Å². The quantitative estimate of drug-likeness (QED) is 0.665. The molecule has 0 saturated carbocycles. The van der Waals surface area contributed by atoms with Crippen LogP contribution < -0.4 is 5.32 Å². The number of hydrogen-bond acceptors (Lipinski definition) is 4. The van der Waals surface area contributed by atoms with E-state index in [1.165, 1.54) is 10.9 Å². The van der Waals surface area contributed by atoms with Crippen molar-refractivity contribution in [3.8, 4) is 5.75 Å². The molecule has 0 amide bonds. The predicted molar refractivity (Wildman–Crippen MR) is 51.7 cm³/mol.